The summed E-state index contributed by atoms with van der Waals surface area (Å²) in [6.45, 7) is 1.78. The van der Waals surface area contributed by atoms with Crippen molar-refractivity contribution >= 4 is 45.6 Å². The van der Waals surface area contributed by atoms with Gasteiger partial charge in [0, 0.05) is 36.3 Å². The predicted octanol–water partition coefficient (Wildman–Crippen LogP) is 5.93. The molecule has 1 aromatic heterocycles. The van der Waals surface area contributed by atoms with Crippen molar-refractivity contribution < 1.29 is 13.9 Å². The SMILES string of the molecule is CN(C/C=C/C(=O)Nc1cc2c(Nc3ccc(F)c(Cl)c3)ncnc2cc1OC1CCC1)CC1CC1. The molecule has 5 rings (SSSR count). The van der Waals surface area contributed by atoms with Gasteiger partial charge in [-0.2, -0.15) is 0 Å². The van der Waals surface area contributed by atoms with Gasteiger partial charge >= 0.3 is 0 Å². The highest BCUT2D eigenvalue weighted by atomic mass is 35.5. The molecule has 9 heteroatoms. The van der Waals surface area contributed by atoms with Crippen LogP contribution in [0.2, 0.25) is 5.02 Å². The molecular formula is C27H29ClFN5O2. The van der Waals surface area contributed by atoms with E-state index < -0.39 is 5.82 Å². The average molecular weight is 510 g/mol. The molecule has 0 radical (unpaired) electrons. The summed E-state index contributed by atoms with van der Waals surface area (Å²) in [6.07, 6.45) is 10.7. The number of aromatic nitrogens is 2. The van der Waals surface area contributed by atoms with E-state index in [2.05, 4.69) is 32.5 Å². The molecule has 2 aromatic carbocycles. The van der Waals surface area contributed by atoms with E-state index in [1.807, 2.05) is 18.2 Å². The number of benzene rings is 2. The van der Waals surface area contributed by atoms with Crippen molar-refractivity contribution in [3.63, 3.8) is 0 Å². The van der Waals surface area contributed by atoms with E-state index in [-0.39, 0.29) is 17.0 Å². The lowest BCUT2D eigenvalue weighted by Gasteiger charge is -2.27. The zero-order chi connectivity index (χ0) is 25.1. The van der Waals surface area contributed by atoms with E-state index >= 15 is 0 Å². The van der Waals surface area contributed by atoms with Gasteiger partial charge in [-0.15, -0.1) is 0 Å². The number of ether oxygens (including phenoxy) is 1. The second-order valence-electron chi connectivity index (χ2n) is 9.57. The van der Waals surface area contributed by atoms with E-state index in [0.29, 0.717) is 33.8 Å². The molecule has 0 unspecified atom stereocenters. The Morgan fingerprint density at radius 2 is 2.06 bits per heavy atom. The van der Waals surface area contributed by atoms with Crippen LogP contribution in [0.5, 0.6) is 5.75 Å². The highest BCUT2D eigenvalue weighted by Gasteiger charge is 2.23. The molecule has 0 atom stereocenters. The Hall–Kier alpha value is -3.23. The summed E-state index contributed by atoms with van der Waals surface area (Å²) in [6, 6.07) is 7.99. The molecular weight excluding hydrogens is 481 g/mol. The Labute approximate surface area is 214 Å². The highest BCUT2D eigenvalue weighted by molar-refractivity contribution is 6.31. The lowest BCUT2D eigenvalue weighted by Crippen LogP contribution is -2.25. The average Bonchev–Trinajstić information content (AvgIpc) is 3.63. The van der Waals surface area contributed by atoms with Crippen molar-refractivity contribution in [2.45, 2.75) is 38.2 Å². The molecule has 36 heavy (non-hydrogen) atoms. The third-order valence-corrected chi connectivity index (χ3v) is 6.77. The second-order valence-corrected chi connectivity index (χ2v) is 9.98. The maximum Gasteiger partial charge on any atom is 0.248 e. The van der Waals surface area contributed by atoms with Gasteiger partial charge in [0.2, 0.25) is 5.91 Å². The summed E-state index contributed by atoms with van der Waals surface area (Å²) in [5.41, 5.74) is 1.79. The summed E-state index contributed by atoms with van der Waals surface area (Å²) >= 11 is 5.94. The molecule has 2 N–H and O–H groups in total. The maximum absolute atomic E-state index is 13.6. The van der Waals surface area contributed by atoms with Gasteiger partial charge in [-0.25, -0.2) is 14.4 Å². The molecule has 0 spiro atoms. The first-order valence-corrected chi connectivity index (χ1v) is 12.7. The van der Waals surface area contributed by atoms with Crippen molar-refractivity contribution in [3.8, 4) is 5.75 Å². The fourth-order valence-electron chi connectivity index (χ4n) is 4.09. The van der Waals surface area contributed by atoms with E-state index in [1.165, 1.54) is 31.3 Å². The van der Waals surface area contributed by atoms with Crippen LogP contribution in [0.4, 0.5) is 21.6 Å². The number of fused-ring (bicyclic) bond motifs is 1. The van der Waals surface area contributed by atoms with Crippen LogP contribution in [0.3, 0.4) is 0 Å². The molecule has 2 aliphatic rings. The molecule has 2 fully saturated rings. The van der Waals surface area contributed by atoms with Crippen molar-refractivity contribution in [3.05, 3.63) is 59.7 Å². The molecule has 3 aromatic rings. The molecule has 0 bridgehead atoms. The fraction of sp³-hybridized carbons (Fsp3) is 0.370. The van der Waals surface area contributed by atoms with Crippen molar-refractivity contribution in [2.24, 2.45) is 5.92 Å². The first kappa shape index (κ1) is 24.5. The van der Waals surface area contributed by atoms with Gasteiger partial charge in [-0.1, -0.05) is 17.7 Å². The van der Waals surface area contributed by atoms with Crippen LogP contribution < -0.4 is 15.4 Å². The molecule has 7 nitrogen and oxygen atoms in total. The Kier molecular flexibility index (Phi) is 7.34. The van der Waals surface area contributed by atoms with Gasteiger partial charge in [-0.05, 0) is 69.3 Å². The number of carbonyl (C=O) groups is 1. The van der Waals surface area contributed by atoms with Crippen molar-refractivity contribution in [1.29, 1.82) is 0 Å². The number of amides is 1. The van der Waals surface area contributed by atoms with Crippen LogP contribution >= 0.6 is 11.6 Å². The number of nitrogens with one attached hydrogen (secondary N) is 2. The van der Waals surface area contributed by atoms with Crippen LogP contribution in [-0.4, -0.2) is 47.0 Å². The molecule has 1 heterocycles. The zero-order valence-electron chi connectivity index (χ0n) is 20.1. The van der Waals surface area contributed by atoms with Gasteiger partial charge in [-0.3, -0.25) is 4.79 Å². The number of rotatable bonds is 10. The summed E-state index contributed by atoms with van der Waals surface area (Å²) in [7, 11) is 2.07. The first-order valence-electron chi connectivity index (χ1n) is 12.3. The molecule has 2 saturated carbocycles. The third kappa shape index (κ3) is 6.12. The summed E-state index contributed by atoms with van der Waals surface area (Å²) < 4.78 is 19.8. The van der Waals surface area contributed by atoms with Gasteiger partial charge in [0.05, 0.1) is 22.3 Å². The largest absolute Gasteiger partial charge is 0.488 e. The standard InChI is InChI=1S/C27H29ClFN5O2/c1-34(15-17-7-8-17)11-3-6-26(35)33-24-13-20-23(14-25(24)36-19-4-2-5-19)30-16-31-27(20)32-18-9-10-22(29)21(28)12-18/h3,6,9-10,12-14,16-17,19H,2,4-5,7-8,11,15H2,1H3,(H,33,35)(H,30,31,32)/b6-3+. The Morgan fingerprint density at radius 1 is 1.22 bits per heavy atom. The smallest absolute Gasteiger partial charge is 0.248 e. The molecule has 0 saturated heterocycles. The lowest BCUT2D eigenvalue weighted by molar-refractivity contribution is -0.111. The van der Waals surface area contributed by atoms with E-state index in [0.717, 1.165) is 38.3 Å². The minimum Gasteiger partial charge on any atom is -0.488 e. The summed E-state index contributed by atoms with van der Waals surface area (Å²) in [4.78, 5) is 23.7. The zero-order valence-corrected chi connectivity index (χ0v) is 20.9. The van der Waals surface area contributed by atoms with E-state index in [4.69, 9.17) is 16.3 Å². The monoisotopic (exact) mass is 509 g/mol. The maximum atomic E-state index is 13.6. The van der Waals surface area contributed by atoms with Crippen molar-refractivity contribution in [2.75, 3.05) is 30.8 Å². The number of hydrogen-bond acceptors (Lipinski definition) is 6. The number of halogens is 2. The number of carbonyl (C=O) groups excluding carboxylic acids is 1. The highest BCUT2D eigenvalue weighted by Crippen LogP contribution is 2.36. The molecule has 1 amide bonds. The first-order chi connectivity index (χ1) is 17.4. The van der Waals surface area contributed by atoms with E-state index in [1.54, 1.807) is 12.1 Å². The normalized spacial score (nSPS) is 15.9. The minimum atomic E-state index is -0.496. The van der Waals surface area contributed by atoms with Gasteiger partial charge in [0.1, 0.15) is 23.7 Å². The fourth-order valence-corrected chi connectivity index (χ4v) is 4.27. The predicted molar refractivity (Wildman–Crippen MR) is 140 cm³/mol. The summed E-state index contributed by atoms with van der Waals surface area (Å²) in [5.74, 6) is 1.16. The Morgan fingerprint density at radius 3 is 2.78 bits per heavy atom. The van der Waals surface area contributed by atoms with Crippen LogP contribution in [0, 0.1) is 11.7 Å². The summed E-state index contributed by atoms with van der Waals surface area (Å²) in [5, 5.41) is 6.83. The number of hydrogen-bond donors (Lipinski definition) is 2. The van der Waals surface area contributed by atoms with Gasteiger partial charge in [0.25, 0.3) is 0 Å². The molecule has 2 aliphatic carbocycles. The minimum absolute atomic E-state index is 0.0112. The van der Waals surface area contributed by atoms with Gasteiger partial charge < -0.3 is 20.3 Å². The molecule has 188 valence electrons. The molecule has 0 aliphatic heterocycles. The third-order valence-electron chi connectivity index (χ3n) is 6.48. The Balaban J connectivity index is 1.38. The number of likely N-dealkylation sites (N-methyl/N-ethyl adjacent to an activating group) is 1. The number of anilines is 3. The second kappa shape index (κ2) is 10.8. The topological polar surface area (TPSA) is 79.4 Å². The van der Waals surface area contributed by atoms with Crippen LogP contribution in [0.1, 0.15) is 32.1 Å². The van der Waals surface area contributed by atoms with Gasteiger partial charge in [0.15, 0.2) is 0 Å². The van der Waals surface area contributed by atoms with E-state index in [9.17, 15) is 9.18 Å². The quantitative estimate of drug-likeness (QED) is 0.329. The Bertz CT molecular complexity index is 1290. The van der Waals surface area contributed by atoms with Crippen LogP contribution in [0.25, 0.3) is 10.9 Å². The van der Waals surface area contributed by atoms with Crippen molar-refractivity contribution in [1.82, 2.24) is 14.9 Å². The lowest BCUT2D eigenvalue weighted by atomic mass is 9.96. The van der Waals surface area contributed by atoms with Crippen LogP contribution in [0.15, 0.2) is 48.8 Å². The van der Waals surface area contributed by atoms with Crippen LogP contribution in [-0.2, 0) is 4.79 Å². The number of nitrogens with zero attached hydrogens (tertiary/aromatic N) is 3.